The first-order valence-electron chi connectivity index (χ1n) is 4.85. The quantitative estimate of drug-likeness (QED) is 0.550. The van der Waals surface area contributed by atoms with Crippen molar-refractivity contribution < 1.29 is 9.84 Å². The molecule has 0 fully saturated rings. The van der Waals surface area contributed by atoms with Crippen LogP contribution in [0.3, 0.4) is 0 Å². The molecule has 0 spiro atoms. The molecule has 1 atom stereocenters. The molecule has 13 heavy (non-hydrogen) atoms. The van der Waals surface area contributed by atoms with E-state index in [-0.39, 0.29) is 6.10 Å². The minimum Gasteiger partial charge on any atom is -0.389 e. The molecule has 0 aromatic heterocycles. The summed E-state index contributed by atoms with van der Waals surface area (Å²) in [5.74, 6) is 0. The summed E-state index contributed by atoms with van der Waals surface area (Å²) in [4.78, 5) is 2.07. The summed E-state index contributed by atoms with van der Waals surface area (Å²) >= 11 is 0. The molecule has 0 aliphatic heterocycles. The first-order valence-corrected chi connectivity index (χ1v) is 4.85. The van der Waals surface area contributed by atoms with Gasteiger partial charge in [0.1, 0.15) is 0 Å². The van der Waals surface area contributed by atoms with Crippen LogP contribution >= 0.6 is 0 Å². The van der Waals surface area contributed by atoms with E-state index in [0.29, 0.717) is 26.3 Å². The summed E-state index contributed by atoms with van der Waals surface area (Å²) < 4.78 is 5.10. The van der Waals surface area contributed by atoms with Gasteiger partial charge in [0.25, 0.3) is 0 Å². The fraction of sp³-hybridized carbons (Fsp3) is 1.00. The van der Waals surface area contributed by atoms with Crippen LogP contribution in [0.25, 0.3) is 0 Å². The Bertz CT molecular complexity index is 99.8. The van der Waals surface area contributed by atoms with E-state index in [2.05, 4.69) is 4.90 Å². The summed E-state index contributed by atoms with van der Waals surface area (Å²) in [5.41, 5.74) is 5.37. The van der Waals surface area contributed by atoms with Gasteiger partial charge in [-0.25, -0.2) is 0 Å². The Labute approximate surface area is 80.7 Å². The number of nitrogens with two attached hydrogens (primary N) is 1. The van der Waals surface area contributed by atoms with Crippen LogP contribution in [0.1, 0.15) is 13.3 Å². The summed E-state index contributed by atoms with van der Waals surface area (Å²) in [5, 5.41) is 9.45. The number of aliphatic hydroxyl groups is 1. The summed E-state index contributed by atoms with van der Waals surface area (Å²) in [6.45, 7) is 5.28. The van der Waals surface area contributed by atoms with Crippen molar-refractivity contribution in [2.45, 2.75) is 19.4 Å². The van der Waals surface area contributed by atoms with Crippen molar-refractivity contribution in [1.29, 1.82) is 0 Å². The van der Waals surface area contributed by atoms with Crippen molar-refractivity contribution >= 4 is 0 Å². The molecule has 4 heteroatoms. The lowest BCUT2D eigenvalue weighted by Crippen LogP contribution is -2.33. The Morgan fingerprint density at radius 3 is 2.77 bits per heavy atom. The minimum atomic E-state index is -0.386. The van der Waals surface area contributed by atoms with Gasteiger partial charge in [-0.3, -0.25) is 0 Å². The molecule has 0 amide bonds. The standard InChI is InChI=1S/C9H22N2O2/c1-3-13-8-9(12)7-11(2)6-4-5-10/h9,12H,3-8,10H2,1-2H3. The fourth-order valence-electron chi connectivity index (χ4n) is 1.12. The van der Waals surface area contributed by atoms with Crippen LogP contribution in [0.15, 0.2) is 0 Å². The number of likely N-dealkylation sites (N-methyl/N-ethyl adjacent to an activating group) is 1. The lowest BCUT2D eigenvalue weighted by atomic mass is 10.3. The second kappa shape index (κ2) is 8.44. The SMILES string of the molecule is CCOCC(O)CN(C)CCCN. The third-order valence-corrected chi connectivity index (χ3v) is 1.78. The third kappa shape index (κ3) is 8.18. The van der Waals surface area contributed by atoms with Crippen LogP contribution in [0, 0.1) is 0 Å². The molecule has 3 N–H and O–H groups in total. The van der Waals surface area contributed by atoms with E-state index in [9.17, 15) is 5.11 Å². The molecule has 4 nitrogen and oxygen atoms in total. The van der Waals surface area contributed by atoms with E-state index >= 15 is 0 Å². The Morgan fingerprint density at radius 1 is 1.54 bits per heavy atom. The van der Waals surface area contributed by atoms with Gasteiger partial charge in [0.15, 0.2) is 0 Å². The van der Waals surface area contributed by atoms with E-state index in [1.54, 1.807) is 0 Å². The number of rotatable bonds is 8. The molecule has 0 saturated heterocycles. The normalized spacial score (nSPS) is 13.6. The van der Waals surface area contributed by atoms with Gasteiger partial charge >= 0.3 is 0 Å². The van der Waals surface area contributed by atoms with Crippen molar-refractivity contribution in [3.8, 4) is 0 Å². The second-order valence-electron chi connectivity index (χ2n) is 3.22. The largest absolute Gasteiger partial charge is 0.389 e. The predicted octanol–water partition coefficient (Wildman–Crippen LogP) is -0.336. The van der Waals surface area contributed by atoms with E-state index in [0.717, 1.165) is 13.0 Å². The summed E-state index contributed by atoms with van der Waals surface area (Å²) in [6.07, 6.45) is 0.584. The van der Waals surface area contributed by atoms with Gasteiger partial charge in [0, 0.05) is 13.2 Å². The number of aliphatic hydroxyl groups excluding tert-OH is 1. The summed E-state index contributed by atoms with van der Waals surface area (Å²) in [6, 6.07) is 0. The zero-order valence-electron chi connectivity index (χ0n) is 8.70. The highest BCUT2D eigenvalue weighted by atomic mass is 16.5. The molecule has 0 bridgehead atoms. The first-order chi connectivity index (χ1) is 6.20. The monoisotopic (exact) mass is 190 g/mol. The Kier molecular flexibility index (Phi) is 8.33. The Hall–Kier alpha value is -0.160. The first kappa shape index (κ1) is 12.8. The molecule has 80 valence electrons. The average molecular weight is 190 g/mol. The number of ether oxygens (including phenoxy) is 1. The van der Waals surface area contributed by atoms with Gasteiger partial charge in [-0.05, 0) is 33.5 Å². The maximum absolute atomic E-state index is 9.45. The maximum Gasteiger partial charge on any atom is 0.0900 e. The van der Waals surface area contributed by atoms with Gasteiger partial charge in [-0.2, -0.15) is 0 Å². The van der Waals surface area contributed by atoms with Crippen molar-refractivity contribution in [3.63, 3.8) is 0 Å². The minimum absolute atomic E-state index is 0.386. The summed E-state index contributed by atoms with van der Waals surface area (Å²) in [7, 11) is 1.98. The lowest BCUT2D eigenvalue weighted by molar-refractivity contribution is 0.0255. The molecule has 0 aliphatic carbocycles. The maximum atomic E-state index is 9.45. The molecule has 0 aromatic carbocycles. The average Bonchev–Trinajstić information content (AvgIpc) is 2.11. The smallest absolute Gasteiger partial charge is 0.0900 e. The molecule has 0 heterocycles. The second-order valence-corrected chi connectivity index (χ2v) is 3.22. The van der Waals surface area contributed by atoms with Crippen LogP contribution in [0.2, 0.25) is 0 Å². The molecule has 1 unspecified atom stereocenters. The van der Waals surface area contributed by atoms with Crippen molar-refractivity contribution in [1.82, 2.24) is 4.90 Å². The van der Waals surface area contributed by atoms with Crippen molar-refractivity contribution in [2.75, 3.05) is 39.9 Å². The van der Waals surface area contributed by atoms with Gasteiger partial charge in [0.2, 0.25) is 0 Å². The van der Waals surface area contributed by atoms with Gasteiger partial charge in [-0.15, -0.1) is 0 Å². The molecule has 0 saturated carbocycles. The highest BCUT2D eigenvalue weighted by Crippen LogP contribution is 1.92. The van der Waals surface area contributed by atoms with Crippen LogP contribution < -0.4 is 5.73 Å². The molecule has 0 aliphatic rings. The lowest BCUT2D eigenvalue weighted by Gasteiger charge is -2.19. The van der Waals surface area contributed by atoms with E-state index < -0.39 is 0 Å². The van der Waals surface area contributed by atoms with Crippen LogP contribution in [-0.4, -0.2) is 56.0 Å². The van der Waals surface area contributed by atoms with Crippen LogP contribution in [0.4, 0.5) is 0 Å². The molecule has 0 rings (SSSR count). The van der Waals surface area contributed by atoms with Crippen LogP contribution in [-0.2, 0) is 4.74 Å². The Morgan fingerprint density at radius 2 is 2.23 bits per heavy atom. The molecular formula is C9H22N2O2. The van der Waals surface area contributed by atoms with E-state index in [4.69, 9.17) is 10.5 Å². The topological polar surface area (TPSA) is 58.7 Å². The highest BCUT2D eigenvalue weighted by Gasteiger charge is 2.06. The number of nitrogens with zero attached hydrogens (tertiary/aromatic N) is 1. The van der Waals surface area contributed by atoms with E-state index in [1.165, 1.54) is 0 Å². The van der Waals surface area contributed by atoms with Crippen molar-refractivity contribution in [2.24, 2.45) is 5.73 Å². The predicted molar refractivity (Wildman–Crippen MR) is 53.7 cm³/mol. The van der Waals surface area contributed by atoms with Crippen molar-refractivity contribution in [3.05, 3.63) is 0 Å². The molecule has 0 aromatic rings. The Balaban J connectivity index is 3.35. The van der Waals surface area contributed by atoms with Gasteiger partial charge in [0.05, 0.1) is 12.7 Å². The van der Waals surface area contributed by atoms with Crippen LogP contribution in [0.5, 0.6) is 0 Å². The molecular weight excluding hydrogens is 168 g/mol. The van der Waals surface area contributed by atoms with E-state index in [1.807, 2.05) is 14.0 Å². The number of hydrogen-bond donors (Lipinski definition) is 2. The third-order valence-electron chi connectivity index (χ3n) is 1.78. The molecule has 0 radical (unpaired) electrons. The van der Waals surface area contributed by atoms with Gasteiger partial charge in [-0.1, -0.05) is 0 Å². The number of hydrogen-bond acceptors (Lipinski definition) is 4. The van der Waals surface area contributed by atoms with Gasteiger partial charge < -0.3 is 20.5 Å². The zero-order chi connectivity index (χ0) is 10.1. The fourth-order valence-corrected chi connectivity index (χ4v) is 1.12. The highest BCUT2D eigenvalue weighted by molar-refractivity contribution is 4.60. The zero-order valence-corrected chi connectivity index (χ0v) is 8.70.